The molecule has 0 bridgehead atoms. The van der Waals surface area contributed by atoms with E-state index < -0.39 is 0 Å². The molecule has 2 amide bonds. The van der Waals surface area contributed by atoms with Crippen LogP contribution < -0.4 is 0 Å². The second-order valence-corrected chi connectivity index (χ2v) is 6.03. The fourth-order valence-electron chi connectivity index (χ4n) is 3.17. The lowest BCUT2D eigenvalue weighted by atomic mass is 9.99. The second-order valence-electron chi connectivity index (χ2n) is 6.03. The van der Waals surface area contributed by atoms with Gasteiger partial charge in [0.2, 0.25) is 11.8 Å². The third kappa shape index (κ3) is 3.65. The molecule has 0 saturated carbocycles. The molecule has 0 radical (unpaired) electrons. The van der Waals surface area contributed by atoms with Gasteiger partial charge in [-0.1, -0.05) is 30.3 Å². The van der Waals surface area contributed by atoms with Crippen molar-refractivity contribution in [2.75, 3.05) is 39.4 Å². The van der Waals surface area contributed by atoms with Gasteiger partial charge in [-0.05, 0) is 17.9 Å². The molecule has 1 aromatic rings. The first kappa shape index (κ1) is 15.0. The van der Waals surface area contributed by atoms with Crippen molar-refractivity contribution in [3.63, 3.8) is 0 Å². The number of likely N-dealkylation sites (tertiary alicyclic amines) is 1. The van der Waals surface area contributed by atoms with Crippen LogP contribution in [0, 0.1) is 5.92 Å². The van der Waals surface area contributed by atoms with Crippen LogP contribution >= 0.6 is 0 Å². The predicted octanol–water partition coefficient (Wildman–Crippen LogP) is 0.936. The zero-order valence-corrected chi connectivity index (χ0v) is 12.7. The summed E-state index contributed by atoms with van der Waals surface area (Å²) in [4.78, 5) is 27.9. The lowest BCUT2D eigenvalue weighted by Gasteiger charge is -2.28. The minimum absolute atomic E-state index is 0.0389. The normalized spacial score (nSPS) is 22.2. The summed E-state index contributed by atoms with van der Waals surface area (Å²) in [7, 11) is 0. The molecule has 1 atom stereocenters. The first-order chi connectivity index (χ1) is 10.7. The standard InChI is InChI=1S/C17H22N2O3/c20-16-11-15(10-14-4-2-1-3-5-14)12-19(16)13-17(21)18-6-8-22-9-7-18/h1-5,15H,6-13H2/t15-/m0/s1. The first-order valence-corrected chi connectivity index (χ1v) is 7.89. The highest BCUT2D eigenvalue weighted by Gasteiger charge is 2.32. The number of nitrogens with zero attached hydrogens (tertiary/aromatic N) is 2. The van der Waals surface area contributed by atoms with Gasteiger partial charge in [0.05, 0.1) is 19.8 Å². The zero-order valence-electron chi connectivity index (χ0n) is 12.7. The van der Waals surface area contributed by atoms with Crippen molar-refractivity contribution in [1.29, 1.82) is 0 Å². The molecule has 3 rings (SSSR count). The van der Waals surface area contributed by atoms with Crippen molar-refractivity contribution in [1.82, 2.24) is 9.80 Å². The maximum atomic E-state index is 12.2. The Morgan fingerprint density at radius 1 is 1.18 bits per heavy atom. The van der Waals surface area contributed by atoms with Gasteiger partial charge in [0.1, 0.15) is 0 Å². The van der Waals surface area contributed by atoms with Crippen molar-refractivity contribution in [3.05, 3.63) is 35.9 Å². The van der Waals surface area contributed by atoms with Crippen molar-refractivity contribution in [2.24, 2.45) is 5.92 Å². The van der Waals surface area contributed by atoms with Crippen molar-refractivity contribution >= 4 is 11.8 Å². The third-order valence-corrected chi connectivity index (χ3v) is 4.35. The van der Waals surface area contributed by atoms with E-state index in [2.05, 4.69) is 12.1 Å². The van der Waals surface area contributed by atoms with E-state index in [1.54, 1.807) is 9.80 Å². The van der Waals surface area contributed by atoms with Crippen LogP contribution in [0.4, 0.5) is 0 Å². The Morgan fingerprint density at radius 2 is 1.91 bits per heavy atom. The summed E-state index contributed by atoms with van der Waals surface area (Å²) in [6.07, 6.45) is 1.44. The average Bonchev–Trinajstić information content (AvgIpc) is 2.88. The van der Waals surface area contributed by atoms with Gasteiger partial charge in [-0.2, -0.15) is 0 Å². The molecule has 118 valence electrons. The number of benzene rings is 1. The van der Waals surface area contributed by atoms with Gasteiger partial charge in [0, 0.05) is 26.1 Å². The number of carbonyl (C=O) groups is 2. The van der Waals surface area contributed by atoms with E-state index in [9.17, 15) is 9.59 Å². The highest BCUT2D eigenvalue weighted by molar-refractivity contribution is 5.86. The number of morpholine rings is 1. The molecule has 2 saturated heterocycles. The summed E-state index contributed by atoms with van der Waals surface area (Å²) in [5.74, 6) is 0.451. The summed E-state index contributed by atoms with van der Waals surface area (Å²) in [5.41, 5.74) is 1.25. The zero-order chi connectivity index (χ0) is 15.4. The Kier molecular flexibility index (Phi) is 4.73. The number of hydrogen-bond acceptors (Lipinski definition) is 3. The molecule has 0 spiro atoms. The molecule has 0 aromatic heterocycles. The highest BCUT2D eigenvalue weighted by atomic mass is 16.5. The van der Waals surface area contributed by atoms with Gasteiger partial charge in [-0.15, -0.1) is 0 Å². The molecule has 0 N–H and O–H groups in total. The fourth-order valence-corrected chi connectivity index (χ4v) is 3.17. The Morgan fingerprint density at radius 3 is 2.64 bits per heavy atom. The Balaban J connectivity index is 1.52. The van der Waals surface area contributed by atoms with Crippen LogP contribution in [-0.2, 0) is 20.7 Å². The second kappa shape index (κ2) is 6.92. The molecule has 0 unspecified atom stereocenters. The molecule has 2 aliphatic heterocycles. The molecule has 2 aliphatic rings. The molecular weight excluding hydrogens is 280 g/mol. The van der Waals surface area contributed by atoms with Crippen LogP contribution in [0.3, 0.4) is 0 Å². The van der Waals surface area contributed by atoms with E-state index >= 15 is 0 Å². The minimum Gasteiger partial charge on any atom is -0.378 e. The van der Waals surface area contributed by atoms with Crippen LogP contribution in [0.2, 0.25) is 0 Å². The number of rotatable bonds is 4. The summed E-state index contributed by atoms with van der Waals surface area (Å²) >= 11 is 0. The monoisotopic (exact) mass is 302 g/mol. The summed E-state index contributed by atoms with van der Waals surface area (Å²) in [6.45, 7) is 3.35. The van der Waals surface area contributed by atoms with Crippen molar-refractivity contribution in [3.8, 4) is 0 Å². The summed E-state index contributed by atoms with van der Waals surface area (Å²) in [5, 5.41) is 0. The molecule has 5 heteroatoms. The van der Waals surface area contributed by atoms with Crippen LogP contribution in [-0.4, -0.2) is 61.0 Å². The van der Waals surface area contributed by atoms with Crippen LogP contribution in [0.15, 0.2) is 30.3 Å². The van der Waals surface area contributed by atoms with Gasteiger partial charge >= 0.3 is 0 Å². The van der Waals surface area contributed by atoms with Gasteiger partial charge in [-0.25, -0.2) is 0 Å². The SMILES string of the molecule is O=C(CN1C[C@@H](Cc2ccccc2)CC1=O)N1CCOCC1. The number of ether oxygens (including phenoxy) is 1. The lowest BCUT2D eigenvalue weighted by Crippen LogP contribution is -2.46. The average molecular weight is 302 g/mol. The Labute approximate surface area is 130 Å². The quantitative estimate of drug-likeness (QED) is 0.831. The minimum atomic E-state index is 0.0389. The van der Waals surface area contributed by atoms with Crippen LogP contribution in [0.5, 0.6) is 0 Å². The van der Waals surface area contributed by atoms with Crippen LogP contribution in [0.25, 0.3) is 0 Å². The molecule has 0 aliphatic carbocycles. The third-order valence-electron chi connectivity index (χ3n) is 4.35. The van der Waals surface area contributed by atoms with Gasteiger partial charge in [-0.3, -0.25) is 9.59 Å². The lowest BCUT2D eigenvalue weighted by molar-refractivity contribution is -0.141. The van der Waals surface area contributed by atoms with Crippen LogP contribution in [0.1, 0.15) is 12.0 Å². The molecule has 5 nitrogen and oxygen atoms in total. The van der Waals surface area contributed by atoms with E-state index in [0.29, 0.717) is 45.2 Å². The van der Waals surface area contributed by atoms with E-state index in [-0.39, 0.29) is 18.4 Å². The molecule has 2 heterocycles. The highest BCUT2D eigenvalue weighted by Crippen LogP contribution is 2.22. The molecular formula is C17H22N2O3. The maximum Gasteiger partial charge on any atom is 0.242 e. The topological polar surface area (TPSA) is 49.9 Å². The number of hydrogen-bond donors (Lipinski definition) is 0. The van der Waals surface area contributed by atoms with Gasteiger partial charge in [0.25, 0.3) is 0 Å². The smallest absolute Gasteiger partial charge is 0.242 e. The van der Waals surface area contributed by atoms with E-state index in [4.69, 9.17) is 4.74 Å². The molecule has 22 heavy (non-hydrogen) atoms. The molecule has 2 fully saturated rings. The Bertz CT molecular complexity index is 526. The fraction of sp³-hybridized carbons (Fsp3) is 0.529. The largest absolute Gasteiger partial charge is 0.378 e. The van der Waals surface area contributed by atoms with Gasteiger partial charge in [0.15, 0.2) is 0 Å². The molecule has 1 aromatic carbocycles. The van der Waals surface area contributed by atoms with E-state index in [0.717, 1.165) is 6.42 Å². The summed E-state index contributed by atoms with van der Waals surface area (Å²) in [6, 6.07) is 10.2. The van der Waals surface area contributed by atoms with Crippen molar-refractivity contribution < 1.29 is 14.3 Å². The predicted molar refractivity (Wildman–Crippen MR) is 82.2 cm³/mol. The number of carbonyl (C=O) groups excluding carboxylic acids is 2. The van der Waals surface area contributed by atoms with E-state index in [1.807, 2.05) is 18.2 Å². The van der Waals surface area contributed by atoms with Crippen molar-refractivity contribution in [2.45, 2.75) is 12.8 Å². The number of amides is 2. The maximum absolute atomic E-state index is 12.2. The van der Waals surface area contributed by atoms with E-state index in [1.165, 1.54) is 5.56 Å². The summed E-state index contributed by atoms with van der Waals surface area (Å²) < 4.78 is 5.25. The Hall–Kier alpha value is -1.88. The first-order valence-electron chi connectivity index (χ1n) is 7.89. The van der Waals surface area contributed by atoms with Gasteiger partial charge < -0.3 is 14.5 Å².